The van der Waals surface area contributed by atoms with Crippen LogP contribution in [0.2, 0.25) is 0 Å². The first-order chi connectivity index (χ1) is 7.27. The maximum absolute atomic E-state index is 3.66. The third kappa shape index (κ3) is 2.76. The van der Waals surface area contributed by atoms with Crippen molar-refractivity contribution in [3.05, 3.63) is 35.4 Å². The summed E-state index contributed by atoms with van der Waals surface area (Å²) in [6.45, 7) is 4.44. The van der Waals surface area contributed by atoms with E-state index in [1.165, 1.54) is 29.1 Å². The quantitative estimate of drug-likeness (QED) is 0.824. The van der Waals surface area contributed by atoms with E-state index in [4.69, 9.17) is 0 Å². The second-order valence-electron chi connectivity index (χ2n) is 4.40. The fourth-order valence-electron chi connectivity index (χ4n) is 2.12. The standard InChI is InChI=1S/C13H19NS/c1-10(2)14-13-9-15-8-7-11-5-3-4-6-12(11)13/h3-6,10,13-14H,7-9H2,1-2H3. The maximum Gasteiger partial charge on any atom is 0.0416 e. The van der Waals surface area contributed by atoms with Crippen LogP contribution in [0.1, 0.15) is 31.0 Å². The highest BCUT2D eigenvalue weighted by Gasteiger charge is 2.18. The van der Waals surface area contributed by atoms with Crippen LogP contribution < -0.4 is 5.32 Å². The van der Waals surface area contributed by atoms with Gasteiger partial charge in [-0.05, 0) is 23.3 Å². The van der Waals surface area contributed by atoms with Crippen molar-refractivity contribution in [2.45, 2.75) is 32.4 Å². The van der Waals surface area contributed by atoms with Crippen LogP contribution in [0.4, 0.5) is 0 Å². The molecule has 0 radical (unpaired) electrons. The summed E-state index contributed by atoms with van der Waals surface area (Å²) in [7, 11) is 0. The molecule has 1 unspecified atom stereocenters. The van der Waals surface area contributed by atoms with Gasteiger partial charge in [-0.3, -0.25) is 0 Å². The molecule has 2 rings (SSSR count). The zero-order valence-electron chi connectivity index (χ0n) is 9.49. The Kier molecular flexibility index (Phi) is 3.71. The molecule has 1 heterocycles. The van der Waals surface area contributed by atoms with Crippen molar-refractivity contribution in [1.29, 1.82) is 0 Å². The molecule has 15 heavy (non-hydrogen) atoms. The van der Waals surface area contributed by atoms with Gasteiger partial charge in [0.2, 0.25) is 0 Å². The van der Waals surface area contributed by atoms with E-state index in [0.717, 1.165) is 0 Å². The summed E-state index contributed by atoms with van der Waals surface area (Å²) >= 11 is 2.06. The molecule has 0 saturated carbocycles. The largest absolute Gasteiger partial charge is 0.307 e. The molecule has 0 aliphatic carbocycles. The van der Waals surface area contributed by atoms with Crippen molar-refractivity contribution >= 4 is 11.8 Å². The Morgan fingerprint density at radius 3 is 2.93 bits per heavy atom. The van der Waals surface area contributed by atoms with Gasteiger partial charge in [-0.25, -0.2) is 0 Å². The van der Waals surface area contributed by atoms with Gasteiger partial charge in [0, 0.05) is 17.8 Å². The van der Waals surface area contributed by atoms with Gasteiger partial charge in [0.25, 0.3) is 0 Å². The van der Waals surface area contributed by atoms with Crippen molar-refractivity contribution < 1.29 is 0 Å². The van der Waals surface area contributed by atoms with Gasteiger partial charge >= 0.3 is 0 Å². The zero-order chi connectivity index (χ0) is 10.7. The molecular formula is C13H19NS. The summed E-state index contributed by atoms with van der Waals surface area (Å²) in [5, 5.41) is 3.66. The fourth-order valence-corrected chi connectivity index (χ4v) is 3.16. The third-order valence-corrected chi connectivity index (χ3v) is 3.83. The summed E-state index contributed by atoms with van der Waals surface area (Å²) in [4.78, 5) is 0. The number of aryl methyl sites for hydroxylation is 1. The number of rotatable bonds is 2. The summed E-state index contributed by atoms with van der Waals surface area (Å²) in [6, 6.07) is 9.96. The lowest BCUT2D eigenvalue weighted by Gasteiger charge is -2.21. The lowest BCUT2D eigenvalue weighted by atomic mass is 9.99. The summed E-state index contributed by atoms with van der Waals surface area (Å²) in [5.74, 6) is 2.46. The zero-order valence-corrected chi connectivity index (χ0v) is 10.3. The molecule has 1 nitrogen and oxygen atoms in total. The average Bonchev–Trinajstić information content (AvgIpc) is 2.41. The first kappa shape index (κ1) is 11.0. The molecule has 82 valence electrons. The van der Waals surface area contributed by atoms with Crippen molar-refractivity contribution in [2.24, 2.45) is 0 Å². The number of hydrogen-bond donors (Lipinski definition) is 1. The van der Waals surface area contributed by atoms with Gasteiger partial charge in [0.05, 0.1) is 0 Å². The van der Waals surface area contributed by atoms with E-state index < -0.39 is 0 Å². The van der Waals surface area contributed by atoms with Gasteiger partial charge in [-0.15, -0.1) is 0 Å². The molecule has 0 amide bonds. The Morgan fingerprint density at radius 1 is 1.33 bits per heavy atom. The van der Waals surface area contributed by atoms with E-state index >= 15 is 0 Å². The minimum absolute atomic E-state index is 0.536. The van der Waals surface area contributed by atoms with E-state index in [9.17, 15) is 0 Å². The van der Waals surface area contributed by atoms with Crippen molar-refractivity contribution in [1.82, 2.24) is 5.32 Å². The molecule has 2 heteroatoms. The summed E-state index contributed by atoms with van der Waals surface area (Å²) in [6.07, 6.45) is 1.22. The van der Waals surface area contributed by atoms with Gasteiger partial charge in [-0.1, -0.05) is 38.1 Å². The van der Waals surface area contributed by atoms with Gasteiger partial charge < -0.3 is 5.32 Å². The Labute approximate surface area is 96.7 Å². The molecule has 1 atom stereocenters. The van der Waals surface area contributed by atoms with Gasteiger partial charge in [0.15, 0.2) is 0 Å². The molecule has 1 aliphatic heterocycles. The van der Waals surface area contributed by atoms with Crippen LogP contribution in [-0.4, -0.2) is 17.5 Å². The smallest absolute Gasteiger partial charge is 0.0416 e. The van der Waals surface area contributed by atoms with Crippen LogP contribution in [-0.2, 0) is 6.42 Å². The Balaban J connectivity index is 2.24. The second kappa shape index (κ2) is 5.04. The predicted octanol–water partition coefficient (Wildman–Crippen LogP) is 3.02. The van der Waals surface area contributed by atoms with Crippen LogP contribution >= 0.6 is 11.8 Å². The highest BCUT2D eigenvalue weighted by atomic mass is 32.2. The molecule has 1 aliphatic rings. The van der Waals surface area contributed by atoms with E-state index in [0.29, 0.717) is 12.1 Å². The summed E-state index contributed by atoms with van der Waals surface area (Å²) in [5.41, 5.74) is 3.04. The van der Waals surface area contributed by atoms with Crippen LogP contribution in [0, 0.1) is 0 Å². The van der Waals surface area contributed by atoms with Crippen molar-refractivity contribution in [2.75, 3.05) is 11.5 Å². The predicted molar refractivity (Wildman–Crippen MR) is 68.5 cm³/mol. The molecule has 1 N–H and O–H groups in total. The van der Waals surface area contributed by atoms with E-state index in [-0.39, 0.29) is 0 Å². The Morgan fingerprint density at radius 2 is 2.13 bits per heavy atom. The minimum atomic E-state index is 0.536. The SMILES string of the molecule is CC(C)NC1CSCCc2ccccc21. The lowest BCUT2D eigenvalue weighted by Crippen LogP contribution is -2.29. The van der Waals surface area contributed by atoms with Crippen LogP contribution in [0.15, 0.2) is 24.3 Å². The average molecular weight is 221 g/mol. The van der Waals surface area contributed by atoms with E-state index in [2.05, 4.69) is 55.2 Å². The molecule has 0 bridgehead atoms. The van der Waals surface area contributed by atoms with Crippen LogP contribution in [0.25, 0.3) is 0 Å². The lowest BCUT2D eigenvalue weighted by molar-refractivity contribution is 0.511. The summed E-state index contributed by atoms with van der Waals surface area (Å²) < 4.78 is 0. The highest BCUT2D eigenvalue weighted by Crippen LogP contribution is 2.27. The number of thioether (sulfide) groups is 1. The molecule has 0 aromatic heterocycles. The molecular weight excluding hydrogens is 202 g/mol. The normalized spacial score (nSPS) is 21.1. The van der Waals surface area contributed by atoms with Gasteiger partial charge in [-0.2, -0.15) is 11.8 Å². The van der Waals surface area contributed by atoms with Crippen molar-refractivity contribution in [3.63, 3.8) is 0 Å². The fraction of sp³-hybridized carbons (Fsp3) is 0.538. The van der Waals surface area contributed by atoms with Crippen LogP contribution in [0.3, 0.4) is 0 Å². The Hall–Kier alpha value is -0.470. The van der Waals surface area contributed by atoms with Crippen molar-refractivity contribution in [3.8, 4) is 0 Å². The maximum atomic E-state index is 3.66. The van der Waals surface area contributed by atoms with E-state index in [1.807, 2.05) is 0 Å². The first-order valence-electron chi connectivity index (χ1n) is 5.69. The van der Waals surface area contributed by atoms with Crippen LogP contribution in [0.5, 0.6) is 0 Å². The molecule has 1 aromatic carbocycles. The first-order valence-corrected chi connectivity index (χ1v) is 6.84. The van der Waals surface area contributed by atoms with E-state index in [1.54, 1.807) is 0 Å². The molecule has 0 saturated heterocycles. The minimum Gasteiger partial charge on any atom is -0.307 e. The number of fused-ring (bicyclic) bond motifs is 1. The molecule has 1 aromatic rings. The number of nitrogens with one attached hydrogen (secondary N) is 1. The second-order valence-corrected chi connectivity index (χ2v) is 5.55. The third-order valence-electron chi connectivity index (χ3n) is 2.77. The molecule has 0 fully saturated rings. The topological polar surface area (TPSA) is 12.0 Å². The number of hydrogen-bond acceptors (Lipinski definition) is 2. The monoisotopic (exact) mass is 221 g/mol. The molecule has 0 spiro atoms. The number of benzene rings is 1. The highest BCUT2D eigenvalue weighted by molar-refractivity contribution is 7.99. The Bertz CT molecular complexity index is 322. The van der Waals surface area contributed by atoms with Gasteiger partial charge in [0.1, 0.15) is 0 Å².